The maximum atomic E-state index is 12.4. The van der Waals surface area contributed by atoms with Crippen LogP contribution in [0.5, 0.6) is 0 Å². The Bertz CT molecular complexity index is 558. The van der Waals surface area contributed by atoms with E-state index in [2.05, 4.69) is 4.90 Å². The van der Waals surface area contributed by atoms with E-state index < -0.39 is 4.92 Å². The number of non-ortho nitro benzene ring substituents is 1. The average molecular weight is 288 g/mol. The molecule has 0 spiro atoms. The van der Waals surface area contributed by atoms with Crippen molar-refractivity contribution >= 4 is 11.5 Å². The number of nitro groups is 1. The predicted octanol–water partition coefficient (Wildman–Crippen LogP) is 3.04. The number of likely N-dealkylation sites (tertiary alicyclic amines) is 1. The summed E-state index contributed by atoms with van der Waals surface area (Å²) in [5, 5.41) is 10.8. The van der Waals surface area contributed by atoms with Crippen LogP contribution < -0.4 is 0 Å². The first-order chi connectivity index (χ1) is 10.1. The average Bonchev–Trinajstić information content (AvgIpc) is 2.91. The van der Waals surface area contributed by atoms with E-state index in [1.165, 1.54) is 44.2 Å². The zero-order valence-corrected chi connectivity index (χ0v) is 12.0. The third-order valence-electron chi connectivity index (χ3n) is 4.85. The van der Waals surface area contributed by atoms with Gasteiger partial charge in [0.25, 0.3) is 5.69 Å². The number of carbonyl (C=O) groups is 1. The first-order valence-electron chi connectivity index (χ1n) is 7.67. The molecule has 3 rings (SSSR count). The lowest BCUT2D eigenvalue weighted by Crippen LogP contribution is -2.38. The Hall–Kier alpha value is -1.75. The Morgan fingerprint density at radius 1 is 1.29 bits per heavy atom. The molecule has 5 nitrogen and oxygen atoms in total. The highest BCUT2D eigenvalue weighted by atomic mass is 16.6. The van der Waals surface area contributed by atoms with E-state index in [-0.39, 0.29) is 11.5 Å². The molecule has 1 saturated carbocycles. The topological polar surface area (TPSA) is 63.5 Å². The van der Waals surface area contributed by atoms with E-state index in [1.54, 1.807) is 12.1 Å². The quantitative estimate of drug-likeness (QED) is 0.485. The fourth-order valence-electron chi connectivity index (χ4n) is 3.77. The normalized spacial score (nSPS) is 25.5. The Balaban J connectivity index is 1.69. The second kappa shape index (κ2) is 5.93. The molecule has 0 aromatic heterocycles. The van der Waals surface area contributed by atoms with Gasteiger partial charge in [-0.15, -0.1) is 0 Å². The van der Waals surface area contributed by atoms with Gasteiger partial charge in [0, 0.05) is 23.7 Å². The minimum absolute atomic E-state index is 0.00933. The summed E-state index contributed by atoms with van der Waals surface area (Å²) in [6.45, 7) is 1.37. The molecule has 0 amide bonds. The number of nitro benzene ring substituents is 1. The lowest BCUT2D eigenvalue weighted by atomic mass is 9.85. The van der Waals surface area contributed by atoms with Gasteiger partial charge in [0.2, 0.25) is 0 Å². The van der Waals surface area contributed by atoms with Crippen LogP contribution in [0.25, 0.3) is 0 Å². The van der Waals surface area contributed by atoms with Crippen molar-refractivity contribution in [2.45, 2.75) is 38.1 Å². The second-order valence-corrected chi connectivity index (χ2v) is 6.10. The van der Waals surface area contributed by atoms with Gasteiger partial charge >= 0.3 is 0 Å². The second-order valence-electron chi connectivity index (χ2n) is 6.10. The van der Waals surface area contributed by atoms with Crippen molar-refractivity contribution in [3.8, 4) is 0 Å². The van der Waals surface area contributed by atoms with Crippen LogP contribution in [0.2, 0.25) is 0 Å². The van der Waals surface area contributed by atoms with E-state index in [1.807, 2.05) is 0 Å². The summed E-state index contributed by atoms with van der Waals surface area (Å²) < 4.78 is 0. The fraction of sp³-hybridized carbons (Fsp3) is 0.562. The number of Topliss-reactive ketones (excluding diaryl/α,β-unsaturated/α-hetero) is 1. The summed E-state index contributed by atoms with van der Waals surface area (Å²) >= 11 is 0. The lowest BCUT2D eigenvalue weighted by molar-refractivity contribution is -0.384. The highest BCUT2D eigenvalue weighted by Crippen LogP contribution is 2.36. The summed E-state index contributed by atoms with van der Waals surface area (Å²) in [6.07, 6.45) is 6.22. The molecule has 1 aromatic rings. The van der Waals surface area contributed by atoms with Gasteiger partial charge < -0.3 is 0 Å². The number of carbonyl (C=O) groups excluding carboxylic acids is 1. The molecule has 0 N–H and O–H groups in total. The van der Waals surface area contributed by atoms with Gasteiger partial charge in [0.15, 0.2) is 5.78 Å². The SMILES string of the molecule is O=C(CN1CCC2CCCCC21)c1cccc([N+](=O)[O-])c1. The highest BCUT2D eigenvalue weighted by molar-refractivity contribution is 5.98. The molecule has 1 heterocycles. The van der Waals surface area contributed by atoms with Crippen molar-refractivity contribution in [3.63, 3.8) is 0 Å². The molecular weight excluding hydrogens is 268 g/mol. The number of hydrogen-bond acceptors (Lipinski definition) is 4. The maximum absolute atomic E-state index is 12.4. The molecule has 0 radical (unpaired) electrons. The minimum Gasteiger partial charge on any atom is -0.293 e. The van der Waals surface area contributed by atoms with Gasteiger partial charge in [-0.2, -0.15) is 0 Å². The van der Waals surface area contributed by atoms with Gasteiger partial charge in [0.05, 0.1) is 11.5 Å². The Kier molecular flexibility index (Phi) is 4.01. The molecule has 112 valence electrons. The summed E-state index contributed by atoms with van der Waals surface area (Å²) in [5.41, 5.74) is 0.432. The van der Waals surface area contributed by atoms with Crippen LogP contribution in [0, 0.1) is 16.0 Å². The molecule has 1 aliphatic carbocycles. The molecule has 2 aliphatic rings. The van der Waals surface area contributed by atoms with E-state index in [9.17, 15) is 14.9 Å². The fourth-order valence-corrected chi connectivity index (χ4v) is 3.77. The summed E-state index contributed by atoms with van der Waals surface area (Å²) in [4.78, 5) is 25.0. The van der Waals surface area contributed by atoms with E-state index in [0.29, 0.717) is 18.2 Å². The largest absolute Gasteiger partial charge is 0.293 e. The van der Waals surface area contributed by atoms with Crippen LogP contribution in [0.4, 0.5) is 5.69 Å². The lowest BCUT2D eigenvalue weighted by Gasteiger charge is -2.31. The monoisotopic (exact) mass is 288 g/mol. The van der Waals surface area contributed by atoms with Crippen molar-refractivity contribution in [1.29, 1.82) is 0 Å². The van der Waals surface area contributed by atoms with Crippen LogP contribution in [0.15, 0.2) is 24.3 Å². The third kappa shape index (κ3) is 2.97. The third-order valence-corrected chi connectivity index (χ3v) is 4.85. The highest BCUT2D eigenvalue weighted by Gasteiger charge is 2.36. The van der Waals surface area contributed by atoms with Gasteiger partial charge in [-0.1, -0.05) is 25.0 Å². The molecule has 1 saturated heterocycles. The molecule has 21 heavy (non-hydrogen) atoms. The van der Waals surface area contributed by atoms with Gasteiger partial charge in [-0.3, -0.25) is 19.8 Å². The Morgan fingerprint density at radius 3 is 2.90 bits per heavy atom. The van der Waals surface area contributed by atoms with Crippen molar-refractivity contribution < 1.29 is 9.72 Å². The molecule has 5 heteroatoms. The molecule has 2 unspecified atom stereocenters. The maximum Gasteiger partial charge on any atom is 0.270 e. The Morgan fingerprint density at radius 2 is 2.10 bits per heavy atom. The van der Waals surface area contributed by atoms with Crippen molar-refractivity contribution in [1.82, 2.24) is 4.90 Å². The van der Waals surface area contributed by atoms with Crippen LogP contribution in [-0.4, -0.2) is 34.7 Å². The minimum atomic E-state index is -0.455. The standard InChI is InChI=1S/C16H20N2O3/c19-16(13-5-3-6-14(10-13)18(20)21)11-17-9-8-12-4-1-2-7-15(12)17/h3,5-6,10,12,15H,1-2,4,7-9,11H2. The predicted molar refractivity (Wildman–Crippen MR) is 79.4 cm³/mol. The molecule has 2 fully saturated rings. The van der Waals surface area contributed by atoms with E-state index >= 15 is 0 Å². The number of fused-ring (bicyclic) bond motifs is 1. The number of benzene rings is 1. The van der Waals surface area contributed by atoms with Crippen molar-refractivity contribution in [3.05, 3.63) is 39.9 Å². The van der Waals surface area contributed by atoms with Crippen LogP contribution in [0.1, 0.15) is 42.5 Å². The molecule has 1 aromatic carbocycles. The van der Waals surface area contributed by atoms with Crippen molar-refractivity contribution in [2.24, 2.45) is 5.92 Å². The summed E-state index contributed by atoms with van der Waals surface area (Å²) in [6, 6.07) is 6.60. The molecule has 2 atom stereocenters. The molecule has 1 aliphatic heterocycles. The van der Waals surface area contributed by atoms with Crippen molar-refractivity contribution in [2.75, 3.05) is 13.1 Å². The summed E-state index contributed by atoms with van der Waals surface area (Å²) in [5.74, 6) is 0.738. The number of nitrogens with zero attached hydrogens (tertiary/aromatic N) is 2. The van der Waals surface area contributed by atoms with Gasteiger partial charge in [0.1, 0.15) is 0 Å². The summed E-state index contributed by atoms with van der Waals surface area (Å²) in [7, 11) is 0. The van der Waals surface area contributed by atoms with E-state index in [0.717, 1.165) is 12.5 Å². The number of rotatable bonds is 4. The van der Waals surface area contributed by atoms with Gasteiger partial charge in [-0.05, 0) is 31.7 Å². The van der Waals surface area contributed by atoms with Crippen LogP contribution in [0.3, 0.4) is 0 Å². The molecule has 0 bridgehead atoms. The zero-order valence-electron chi connectivity index (χ0n) is 12.0. The zero-order chi connectivity index (χ0) is 14.8. The van der Waals surface area contributed by atoms with Crippen LogP contribution >= 0.6 is 0 Å². The van der Waals surface area contributed by atoms with Gasteiger partial charge in [-0.25, -0.2) is 0 Å². The molecular formula is C16H20N2O3. The first-order valence-corrected chi connectivity index (χ1v) is 7.67. The first kappa shape index (κ1) is 14.2. The smallest absolute Gasteiger partial charge is 0.270 e. The number of ketones is 1. The van der Waals surface area contributed by atoms with Crippen LogP contribution in [-0.2, 0) is 0 Å². The van der Waals surface area contributed by atoms with E-state index in [4.69, 9.17) is 0 Å². The number of hydrogen-bond donors (Lipinski definition) is 0. The Labute approximate surface area is 124 Å².